The molecule has 1 heterocycles. The zero-order valence-corrected chi connectivity index (χ0v) is 19.1. The molecule has 0 saturated heterocycles. The number of amides is 2. The van der Waals surface area contributed by atoms with E-state index in [9.17, 15) is 9.59 Å². The lowest BCUT2D eigenvalue weighted by Gasteiger charge is -2.19. The van der Waals surface area contributed by atoms with Crippen molar-refractivity contribution >= 4 is 35.1 Å². The smallest absolute Gasteiger partial charge is 0.271 e. The standard InChI is InChI=1S/C24H26ClN5O2/c1-4-30(5-2)24-27-15-20(25)21(29-24)23(32)26-14-17-7-6-8-19(13-17)28-22(31)18-11-9-16(3)10-12-18/h6-13,15H,4-5,14H2,1-3H3,(H,26,32)(H,28,31). The Morgan fingerprint density at radius 3 is 2.44 bits per heavy atom. The van der Waals surface area contributed by atoms with Crippen LogP contribution in [0.1, 0.15) is 45.8 Å². The van der Waals surface area contributed by atoms with Crippen LogP contribution in [0.3, 0.4) is 0 Å². The fourth-order valence-electron chi connectivity index (χ4n) is 3.11. The maximum absolute atomic E-state index is 12.7. The summed E-state index contributed by atoms with van der Waals surface area (Å²) in [5.41, 5.74) is 3.27. The SMILES string of the molecule is CCN(CC)c1ncc(Cl)c(C(=O)NCc2cccc(NC(=O)c3ccc(C)cc3)c2)n1. The summed E-state index contributed by atoms with van der Waals surface area (Å²) in [6.45, 7) is 7.66. The number of hydrogen-bond donors (Lipinski definition) is 2. The molecule has 0 aliphatic rings. The van der Waals surface area contributed by atoms with Crippen molar-refractivity contribution in [3.05, 3.63) is 82.1 Å². The van der Waals surface area contributed by atoms with Gasteiger partial charge in [0.15, 0.2) is 5.69 Å². The van der Waals surface area contributed by atoms with E-state index in [0.29, 0.717) is 17.2 Å². The van der Waals surface area contributed by atoms with Gasteiger partial charge in [0.25, 0.3) is 11.8 Å². The van der Waals surface area contributed by atoms with Crippen LogP contribution < -0.4 is 15.5 Å². The van der Waals surface area contributed by atoms with E-state index in [1.807, 2.05) is 56.0 Å². The van der Waals surface area contributed by atoms with E-state index in [2.05, 4.69) is 20.6 Å². The van der Waals surface area contributed by atoms with E-state index in [0.717, 1.165) is 24.2 Å². The van der Waals surface area contributed by atoms with E-state index in [1.54, 1.807) is 18.2 Å². The van der Waals surface area contributed by atoms with E-state index in [4.69, 9.17) is 11.6 Å². The molecule has 0 unspecified atom stereocenters. The first-order valence-electron chi connectivity index (χ1n) is 10.4. The first-order chi connectivity index (χ1) is 15.4. The molecule has 0 radical (unpaired) electrons. The Labute approximate surface area is 192 Å². The van der Waals surface area contributed by atoms with Crippen LogP contribution in [0.2, 0.25) is 5.02 Å². The number of carbonyl (C=O) groups is 2. The second-order valence-corrected chi connectivity index (χ2v) is 7.65. The number of halogens is 1. The Hall–Kier alpha value is -3.45. The monoisotopic (exact) mass is 451 g/mol. The van der Waals surface area contributed by atoms with Crippen molar-refractivity contribution in [1.82, 2.24) is 15.3 Å². The van der Waals surface area contributed by atoms with Gasteiger partial charge in [-0.1, -0.05) is 41.4 Å². The van der Waals surface area contributed by atoms with Gasteiger partial charge >= 0.3 is 0 Å². The Morgan fingerprint density at radius 2 is 1.75 bits per heavy atom. The number of rotatable bonds is 8. The van der Waals surface area contributed by atoms with Crippen LogP contribution in [0.25, 0.3) is 0 Å². The van der Waals surface area contributed by atoms with Crippen LogP contribution in [0.15, 0.2) is 54.7 Å². The number of nitrogens with one attached hydrogen (secondary N) is 2. The van der Waals surface area contributed by atoms with Crippen LogP contribution in [0.4, 0.5) is 11.6 Å². The van der Waals surface area contributed by atoms with Crippen molar-refractivity contribution in [3.63, 3.8) is 0 Å². The quantitative estimate of drug-likeness (QED) is 0.527. The van der Waals surface area contributed by atoms with Crippen LogP contribution in [-0.2, 0) is 6.54 Å². The maximum atomic E-state index is 12.7. The number of benzene rings is 2. The molecule has 166 valence electrons. The largest absolute Gasteiger partial charge is 0.347 e. The highest BCUT2D eigenvalue weighted by atomic mass is 35.5. The van der Waals surface area contributed by atoms with Crippen molar-refractivity contribution in [1.29, 1.82) is 0 Å². The van der Waals surface area contributed by atoms with Crippen molar-refractivity contribution in [2.24, 2.45) is 0 Å². The Balaban J connectivity index is 1.66. The molecule has 7 nitrogen and oxygen atoms in total. The van der Waals surface area contributed by atoms with Gasteiger partial charge in [-0.15, -0.1) is 0 Å². The third kappa shape index (κ3) is 5.82. The molecule has 2 aromatic carbocycles. The fraction of sp³-hybridized carbons (Fsp3) is 0.250. The lowest BCUT2D eigenvalue weighted by Crippen LogP contribution is -2.28. The molecule has 0 bridgehead atoms. The third-order valence-electron chi connectivity index (χ3n) is 4.94. The number of nitrogens with zero attached hydrogens (tertiary/aromatic N) is 3. The zero-order chi connectivity index (χ0) is 23.1. The van der Waals surface area contributed by atoms with Crippen LogP contribution in [-0.4, -0.2) is 34.9 Å². The van der Waals surface area contributed by atoms with Crippen LogP contribution in [0, 0.1) is 6.92 Å². The minimum atomic E-state index is -0.389. The summed E-state index contributed by atoms with van der Waals surface area (Å²) >= 11 is 6.16. The predicted molar refractivity (Wildman–Crippen MR) is 127 cm³/mol. The summed E-state index contributed by atoms with van der Waals surface area (Å²) in [4.78, 5) is 35.6. The number of anilines is 2. The Bertz CT molecular complexity index is 1100. The second kappa shape index (κ2) is 10.7. The zero-order valence-electron chi connectivity index (χ0n) is 18.4. The molecule has 2 amide bonds. The van der Waals surface area contributed by atoms with Crippen molar-refractivity contribution in [3.8, 4) is 0 Å². The van der Waals surface area contributed by atoms with Crippen LogP contribution >= 0.6 is 11.6 Å². The molecule has 32 heavy (non-hydrogen) atoms. The first-order valence-corrected chi connectivity index (χ1v) is 10.8. The van der Waals surface area contributed by atoms with Gasteiger partial charge in [-0.2, -0.15) is 0 Å². The van der Waals surface area contributed by atoms with Crippen molar-refractivity contribution in [2.75, 3.05) is 23.3 Å². The third-order valence-corrected chi connectivity index (χ3v) is 5.22. The molecular weight excluding hydrogens is 426 g/mol. The topological polar surface area (TPSA) is 87.2 Å². The van der Waals surface area contributed by atoms with E-state index in [1.165, 1.54) is 6.20 Å². The van der Waals surface area contributed by atoms with Gasteiger partial charge in [-0.3, -0.25) is 9.59 Å². The molecular formula is C24H26ClN5O2. The lowest BCUT2D eigenvalue weighted by atomic mass is 10.1. The molecule has 3 aromatic rings. The lowest BCUT2D eigenvalue weighted by molar-refractivity contribution is 0.0945. The molecule has 2 N–H and O–H groups in total. The maximum Gasteiger partial charge on any atom is 0.271 e. The molecule has 0 saturated carbocycles. The Morgan fingerprint density at radius 1 is 1.03 bits per heavy atom. The fourth-order valence-corrected chi connectivity index (χ4v) is 3.29. The van der Waals surface area contributed by atoms with Crippen molar-refractivity contribution in [2.45, 2.75) is 27.3 Å². The predicted octanol–water partition coefficient (Wildman–Crippen LogP) is 4.47. The molecule has 1 aromatic heterocycles. The highest BCUT2D eigenvalue weighted by Crippen LogP contribution is 2.17. The second-order valence-electron chi connectivity index (χ2n) is 7.24. The average molecular weight is 452 g/mol. The molecule has 8 heteroatoms. The normalized spacial score (nSPS) is 10.5. The van der Waals surface area contributed by atoms with E-state index < -0.39 is 0 Å². The summed E-state index contributed by atoms with van der Waals surface area (Å²) in [5.74, 6) is -0.117. The van der Waals surface area contributed by atoms with Gasteiger partial charge in [0.05, 0.1) is 11.2 Å². The van der Waals surface area contributed by atoms with Gasteiger partial charge in [0.2, 0.25) is 5.95 Å². The number of carbonyl (C=O) groups excluding carboxylic acids is 2. The molecule has 0 aliphatic heterocycles. The highest BCUT2D eigenvalue weighted by Gasteiger charge is 2.16. The highest BCUT2D eigenvalue weighted by molar-refractivity contribution is 6.33. The number of hydrogen-bond acceptors (Lipinski definition) is 5. The van der Waals surface area contributed by atoms with Gasteiger partial charge < -0.3 is 15.5 Å². The molecule has 0 fully saturated rings. The van der Waals surface area contributed by atoms with Crippen molar-refractivity contribution < 1.29 is 9.59 Å². The van der Waals surface area contributed by atoms with E-state index in [-0.39, 0.29) is 29.1 Å². The molecule has 0 spiro atoms. The summed E-state index contributed by atoms with van der Waals surface area (Å²) in [7, 11) is 0. The minimum absolute atomic E-state index is 0.132. The van der Waals surface area contributed by atoms with Gasteiger partial charge in [-0.05, 0) is 50.6 Å². The minimum Gasteiger partial charge on any atom is -0.347 e. The Kier molecular flexibility index (Phi) is 7.78. The summed E-state index contributed by atoms with van der Waals surface area (Å²) in [6, 6.07) is 14.7. The molecule has 3 rings (SSSR count). The van der Waals surface area contributed by atoms with Gasteiger partial charge in [0.1, 0.15) is 0 Å². The number of aromatic nitrogens is 2. The van der Waals surface area contributed by atoms with Crippen LogP contribution in [0.5, 0.6) is 0 Å². The average Bonchev–Trinajstić information content (AvgIpc) is 2.80. The number of aryl methyl sites for hydroxylation is 1. The summed E-state index contributed by atoms with van der Waals surface area (Å²) < 4.78 is 0. The molecule has 0 aliphatic carbocycles. The molecule has 0 atom stereocenters. The first kappa shape index (κ1) is 23.2. The van der Waals surface area contributed by atoms with Gasteiger partial charge in [-0.25, -0.2) is 9.97 Å². The van der Waals surface area contributed by atoms with Gasteiger partial charge in [0, 0.05) is 30.9 Å². The summed E-state index contributed by atoms with van der Waals surface area (Å²) in [6.07, 6.45) is 1.44. The summed E-state index contributed by atoms with van der Waals surface area (Å²) in [5, 5.41) is 5.90. The van der Waals surface area contributed by atoms with E-state index >= 15 is 0 Å².